The highest BCUT2D eigenvalue weighted by Gasteiger charge is 2.33. The topological polar surface area (TPSA) is 86.8 Å². The molecule has 0 aliphatic heterocycles. The van der Waals surface area contributed by atoms with Gasteiger partial charge in [-0.05, 0) is 61.9 Å². The number of anilines is 1. The van der Waals surface area contributed by atoms with E-state index in [1.54, 1.807) is 12.1 Å². The first-order valence-electron chi connectivity index (χ1n) is 12.3. The first kappa shape index (κ1) is 26.7. The number of amides is 2. The summed E-state index contributed by atoms with van der Waals surface area (Å²) in [6.45, 7) is 5.58. The number of benzene rings is 2. The van der Waals surface area contributed by atoms with Crippen LogP contribution in [0.1, 0.15) is 55.7 Å². The second kappa shape index (κ2) is 11.7. The summed E-state index contributed by atoms with van der Waals surface area (Å²) in [6.07, 6.45) is 5.61. The summed E-state index contributed by atoms with van der Waals surface area (Å²) in [4.78, 5) is 28.5. The number of carbonyl (C=O) groups is 2. The van der Waals surface area contributed by atoms with Crippen LogP contribution in [0.4, 0.5) is 5.69 Å². The quantitative estimate of drug-likeness (QED) is 0.537. The Kier molecular flexibility index (Phi) is 8.94. The molecule has 1 aliphatic rings. The molecule has 7 nitrogen and oxygen atoms in total. The van der Waals surface area contributed by atoms with Gasteiger partial charge >= 0.3 is 0 Å². The lowest BCUT2D eigenvalue weighted by Gasteiger charge is -2.33. The Morgan fingerprint density at radius 1 is 1.03 bits per heavy atom. The average Bonchev–Trinajstić information content (AvgIpc) is 3.32. The number of nitrogens with one attached hydrogen (secondary N) is 1. The Morgan fingerprint density at radius 3 is 2.26 bits per heavy atom. The van der Waals surface area contributed by atoms with Crippen LogP contribution in [-0.4, -0.2) is 50.0 Å². The van der Waals surface area contributed by atoms with Crippen molar-refractivity contribution >= 4 is 27.5 Å². The predicted molar refractivity (Wildman–Crippen MR) is 140 cm³/mol. The lowest BCUT2D eigenvalue weighted by Crippen LogP contribution is -2.53. The summed E-state index contributed by atoms with van der Waals surface area (Å²) >= 11 is 0. The maximum atomic E-state index is 13.7. The fourth-order valence-electron chi connectivity index (χ4n) is 4.56. The largest absolute Gasteiger partial charge is 0.352 e. The molecule has 1 atom stereocenters. The molecule has 3 rings (SSSR count). The molecule has 2 amide bonds. The van der Waals surface area contributed by atoms with Crippen LogP contribution in [0.2, 0.25) is 0 Å². The van der Waals surface area contributed by atoms with E-state index in [2.05, 4.69) is 5.32 Å². The maximum Gasteiger partial charge on any atom is 0.244 e. The summed E-state index contributed by atoms with van der Waals surface area (Å²) in [5.74, 6) is -0.591. The van der Waals surface area contributed by atoms with Crippen molar-refractivity contribution in [3.63, 3.8) is 0 Å². The van der Waals surface area contributed by atoms with Gasteiger partial charge in [-0.3, -0.25) is 13.9 Å². The van der Waals surface area contributed by atoms with Gasteiger partial charge in [0.25, 0.3) is 0 Å². The number of carbonyl (C=O) groups excluding carboxylic acids is 2. The van der Waals surface area contributed by atoms with E-state index in [0.29, 0.717) is 12.1 Å². The molecule has 2 aromatic carbocycles. The van der Waals surface area contributed by atoms with Crippen molar-refractivity contribution in [1.29, 1.82) is 0 Å². The number of aryl methyl sites for hydroxylation is 2. The Labute approximate surface area is 209 Å². The lowest BCUT2D eigenvalue weighted by molar-refractivity contribution is -0.140. The van der Waals surface area contributed by atoms with Crippen LogP contribution < -0.4 is 9.62 Å². The van der Waals surface area contributed by atoms with Gasteiger partial charge in [-0.25, -0.2) is 8.42 Å². The van der Waals surface area contributed by atoms with Crippen LogP contribution in [0.3, 0.4) is 0 Å². The molecule has 0 spiro atoms. The molecule has 0 bridgehead atoms. The molecule has 0 unspecified atom stereocenters. The molecule has 190 valence electrons. The third-order valence-corrected chi connectivity index (χ3v) is 7.88. The van der Waals surface area contributed by atoms with Crippen LogP contribution in [0.5, 0.6) is 0 Å². The molecule has 1 saturated carbocycles. The second-order valence-corrected chi connectivity index (χ2v) is 11.4. The fourth-order valence-corrected chi connectivity index (χ4v) is 5.40. The lowest BCUT2D eigenvalue weighted by atomic mass is 10.1. The highest BCUT2D eigenvalue weighted by atomic mass is 32.2. The number of nitrogens with zero attached hydrogens (tertiary/aromatic N) is 2. The van der Waals surface area contributed by atoms with Gasteiger partial charge in [0.05, 0.1) is 11.9 Å². The molecule has 1 fully saturated rings. The Bertz CT molecular complexity index is 1130. The number of hydrogen-bond acceptors (Lipinski definition) is 4. The standard InChI is InChI=1S/C27H37N3O4S/c1-5-25(27(32)28-23-13-9-10-14-23)29(18-22-11-7-6-8-12-22)26(31)19-30(35(4,33)34)24-16-15-20(2)21(3)17-24/h6-8,11-12,15-17,23,25H,5,9-10,13-14,18-19H2,1-4H3,(H,28,32)/t25-/m1/s1. The fraction of sp³-hybridized carbons (Fsp3) is 0.481. The summed E-state index contributed by atoms with van der Waals surface area (Å²) in [5.41, 5.74) is 3.29. The van der Waals surface area contributed by atoms with Crippen molar-refractivity contribution in [2.45, 2.75) is 71.5 Å². The van der Waals surface area contributed by atoms with Gasteiger partial charge in [0.15, 0.2) is 0 Å². The normalized spacial score (nSPS) is 15.0. The van der Waals surface area contributed by atoms with Gasteiger partial charge in [-0.2, -0.15) is 0 Å². The van der Waals surface area contributed by atoms with E-state index < -0.39 is 22.0 Å². The summed E-state index contributed by atoms with van der Waals surface area (Å²) in [7, 11) is -3.74. The minimum atomic E-state index is -3.74. The average molecular weight is 500 g/mol. The van der Waals surface area contributed by atoms with Crippen molar-refractivity contribution in [1.82, 2.24) is 10.2 Å². The molecule has 0 heterocycles. The zero-order chi connectivity index (χ0) is 25.6. The van der Waals surface area contributed by atoms with Crippen LogP contribution >= 0.6 is 0 Å². The van der Waals surface area contributed by atoms with Gasteiger partial charge in [0, 0.05) is 12.6 Å². The van der Waals surface area contributed by atoms with Gasteiger partial charge < -0.3 is 10.2 Å². The third kappa shape index (κ3) is 7.07. The second-order valence-electron chi connectivity index (χ2n) is 9.46. The van der Waals surface area contributed by atoms with Gasteiger partial charge in [-0.1, -0.05) is 56.2 Å². The molecule has 1 N–H and O–H groups in total. The molecular formula is C27H37N3O4S. The van der Waals surface area contributed by atoms with E-state index >= 15 is 0 Å². The van der Waals surface area contributed by atoms with Gasteiger partial charge in [0.1, 0.15) is 12.6 Å². The number of rotatable bonds is 10. The summed E-state index contributed by atoms with van der Waals surface area (Å²) in [5, 5.41) is 3.12. The first-order valence-corrected chi connectivity index (χ1v) is 14.1. The molecular weight excluding hydrogens is 462 g/mol. The Balaban J connectivity index is 1.91. The van der Waals surface area contributed by atoms with Crippen LogP contribution in [0.15, 0.2) is 48.5 Å². The highest BCUT2D eigenvalue weighted by Crippen LogP contribution is 2.23. The summed E-state index contributed by atoms with van der Waals surface area (Å²) in [6, 6.07) is 14.2. The van der Waals surface area contributed by atoms with Crippen molar-refractivity contribution in [3.8, 4) is 0 Å². The molecule has 35 heavy (non-hydrogen) atoms. The van der Waals surface area contributed by atoms with Crippen LogP contribution in [0.25, 0.3) is 0 Å². The summed E-state index contributed by atoms with van der Waals surface area (Å²) < 4.78 is 26.6. The van der Waals surface area contributed by atoms with Crippen molar-refractivity contribution < 1.29 is 18.0 Å². The molecule has 0 radical (unpaired) electrons. The molecule has 0 saturated heterocycles. The SMILES string of the molecule is CC[C@H](C(=O)NC1CCCC1)N(Cc1ccccc1)C(=O)CN(c1ccc(C)c(C)c1)S(C)(=O)=O. The number of hydrogen-bond donors (Lipinski definition) is 1. The van der Waals surface area contributed by atoms with Crippen LogP contribution in [-0.2, 0) is 26.2 Å². The van der Waals surface area contributed by atoms with E-state index in [4.69, 9.17) is 0 Å². The van der Waals surface area contributed by atoms with E-state index in [9.17, 15) is 18.0 Å². The monoisotopic (exact) mass is 499 g/mol. The molecule has 8 heteroatoms. The van der Waals surface area contributed by atoms with Crippen LogP contribution in [0, 0.1) is 13.8 Å². The zero-order valence-electron chi connectivity index (χ0n) is 21.2. The minimum absolute atomic E-state index is 0.133. The Hall–Kier alpha value is -2.87. The van der Waals surface area contributed by atoms with Gasteiger partial charge in [-0.15, -0.1) is 0 Å². The zero-order valence-corrected chi connectivity index (χ0v) is 22.0. The van der Waals surface area contributed by atoms with E-state index in [0.717, 1.165) is 52.9 Å². The van der Waals surface area contributed by atoms with Gasteiger partial charge in [0.2, 0.25) is 21.8 Å². The van der Waals surface area contributed by atoms with E-state index in [1.807, 2.05) is 57.2 Å². The Morgan fingerprint density at radius 2 is 1.69 bits per heavy atom. The molecule has 1 aliphatic carbocycles. The first-order chi connectivity index (χ1) is 16.6. The predicted octanol–water partition coefficient (Wildman–Crippen LogP) is 3.94. The number of sulfonamides is 1. The highest BCUT2D eigenvalue weighted by molar-refractivity contribution is 7.92. The third-order valence-electron chi connectivity index (χ3n) is 6.74. The van der Waals surface area contributed by atoms with E-state index in [-0.39, 0.29) is 25.0 Å². The smallest absolute Gasteiger partial charge is 0.244 e. The molecule has 2 aromatic rings. The molecule has 0 aromatic heterocycles. The van der Waals surface area contributed by atoms with Crippen molar-refractivity contribution in [2.24, 2.45) is 0 Å². The van der Waals surface area contributed by atoms with Crippen molar-refractivity contribution in [3.05, 3.63) is 65.2 Å². The van der Waals surface area contributed by atoms with Crippen molar-refractivity contribution in [2.75, 3.05) is 17.1 Å². The minimum Gasteiger partial charge on any atom is -0.352 e. The maximum absolute atomic E-state index is 13.7. The van der Waals surface area contributed by atoms with E-state index in [1.165, 1.54) is 4.90 Å².